The van der Waals surface area contributed by atoms with Crippen molar-refractivity contribution in [3.63, 3.8) is 0 Å². The molecule has 2 aromatic rings. The van der Waals surface area contributed by atoms with E-state index in [2.05, 4.69) is 15.6 Å². The molecule has 0 bridgehead atoms. The number of thioether (sulfide) groups is 1. The van der Waals surface area contributed by atoms with Crippen LogP contribution in [-0.4, -0.2) is 42.3 Å². The average molecular weight is 337 g/mol. The number of hydrogen-bond donors (Lipinski definition) is 2. The van der Waals surface area contributed by atoms with Crippen molar-refractivity contribution in [2.75, 3.05) is 24.3 Å². The Bertz CT molecular complexity index is 683. The van der Waals surface area contributed by atoms with E-state index in [1.54, 1.807) is 6.07 Å². The molecule has 2 amide bonds. The van der Waals surface area contributed by atoms with Gasteiger partial charge in [-0.25, -0.2) is 4.98 Å². The van der Waals surface area contributed by atoms with E-state index < -0.39 is 0 Å². The van der Waals surface area contributed by atoms with E-state index in [1.165, 1.54) is 23.1 Å². The van der Waals surface area contributed by atoms with E-state index in [0.29, 0.717) is 25.4 Å². The number of carbonyl (C=O) groups excluding carboxylic acids is 2. The molecule has 0 saturated carbocycles. The summed E-state index contributed by atoms with van der Waals surface area (Å²) in [6.45, 7) is 1.32. The molecule has 0 aliphatic carbocycles. The van der Waals surface area contributed by atoms with Crippen LogP contribution in [0.2, 0.25) is 0 Å². The van der Waals surface area contributed by atoms with Crippen molar-refractivity contribution in [3.05, 3.63) is 18.2 Å². The lowest BCUT2D eigenvalue weighted by atomic mass is 10.3. The van der Waals surface area contributed by atoms with Crippen LogP contribution < -0.4 is 10.6 Å². The standard InChI is InChI=1S/C14H15N3O3S2/c18-8-15-9-1-2-11-12(5-9)22-14(17-11)21-7-13(19)16-10-3-4-20-6-10/h1-2,5,8,10H,3-4,6-7H2,(H,15,18)(H,16,19)/t10-/m1/s1. The third-order valence-electron chi connectivity index (χ3n) is 3.22. The van der Waals surface area contributed by atoms with E-state index in [0.717, 1.165) is 26.7 Å². The molecule has 1 aromatic carbocycles. The summed E-state index contributed by atoms with van der Waals surface area (Å²) in [6, 6.07) is 5.68. The van der Waals surface area contributed by atoms with Crippen LogP contribution >= 0.6 is 23.1 Å². The van der Waals surface area contributed by atoms with Gasteiger partial charge in [-0.2, -0.15) is 0 Å². The molecule has 0 unspecified atom stereocenters. The van der Waals surface area contributed by atoms with Crippen molar-refractivity contribution in [2.45, 2.75) is 16.8 Å². The number of benzene rings is 1. The summed E-state index contributed by atoms with van der Waals surface area (Å²) in [5.41, 5.74) is 1.61. The molecule has 1 aliphatic rings. The topological polar surface area (TPSA) is 80.3 Å². The monoisotopic (exact) mass is 337 g/mol. The average Bonchev–Trinajstić information content (AvgIpc) is 3.14. The summed E-state index contributed by atoms with van der Waals surface area (Å²) < 4.78 is 7.06. The first-order valence-corrected chi connectivity index (χ1v) is 8.65. The van der Waals surface area contributed by atoms with Crippen molar-refractivity contribution in [2.24, 2.45) is 0 Å². The molecule has 1 atom stereocenters. The smallest absolute Gasteiger partial charge is 0.230 e. The zero-order valence-electron chi connectivity index (χ0n) is 11.7. The number of rotatable bonds is 6. The van der Waals surface area contributed by atoms with Gasteiger partial charge < -0.3 is 15.4 Å². The number of amides is 2. The van der Waals surface area contributed by atoms with Gasteiger partial charge in [-0.05, 0) is 24.6 Å². The van der Waals surface area contributed by atoms with Crippen LogP contribution in [0.3, 0.4) is 0 Å². The summed E-state index contributed by atoms with van der Waals surface area (Å²) in [5, 5.41) is 5.57. The van der Waals surface area contributed by atoms with Gasteiger partial charge in [-0.3, -0.25) is 9.59 Å². The largest absolute Gasteiger partial charge is 0.379 e. The number of nitrogens with zero attached hydrogens (tertiary/aromatic N) is 1. The van der Waals surface area contributed by atoms with Crippen LogP contribution in [0, 0.1) is 0 Å². The van der Waals surface area contributed by atoms with Gasteiger partial charge >= 0.3 is 0 Å². The molecular weight excluding hydrogens is 322 g/mol. The van der Waals surface area contributed by atoms with Gasteiger partial charge in [0.15, 0.2) is 4.34 Å². The second-order valence-corrected chi connectivity index (χ2v) is 7.09. The lowest BCUT2D eigenvalue weighted by Gasteiger charge is -2.09. The molecule has 1 saturated heterocycles. The van der Waals surface area contributed by atoms with Gasteiger partial charge in [-0.1, -0.05) is 11.8 Å². The predicted molar refractivity (Wildman–Crippen MR) is 87.4 cm³/mol. The number of fused-ring (bicyclic) bond motifs is 1. The summed E-state index contributed by atoms with van der Waals surface area (Å²) in [5.74, 6) is 0.346. The molecule has 1 aromatic heterocycles. The zero-order valence-corrected chi connectivity index (χ0v) is 13.3. The molecule has 1 aliphatic heterocycles. The highest BCUT2D eigenvalue weighted by atomic mass is 32.2. The number of aromatic nitrogens is 1. The van der Waals surface area contributed by atoms with Crippen molar-refractivity contribution < 1.29 is 14.3 Å². The van der Waals surface area contributed by atoms with Crippen LogP contribution in [0.15, 0.2) is 22.5 Å². The molecular formula is C14H15N3O3S2. The molecule has 3 rings (SSSR count). The molecule has 0 spiro atoms. The van der Waals surface area contributed by atoms with Gasteiger partial charge in [0.25, 0.3) is 0 Å². The van der Waals surface area contributed by atoms with Crippen molar-refractivity contribution in [1.82, 2.24) is 10.3 Å². The minimum absolute atomic E-state index is 0.00284. The predicted octanol–water partition coefficient (Wildman–Crippen LogP) is 1.86. The van der Waals surface area contributed by atoms with Gasteiger partial charge in [0.05, 0.1) is 28.6 Å². The summed E-state index contributed by atoms with van der Waals surface area (Å²) >= 11 is 2.93. The Morgan fingerprint density at radius 2 is 2.45 bits per heavy atom. The van der Waals surface area contributed by atoms with Gasteiger partial charge in [0.2, 0.25) is 12.3 Å². The highest BCUT2D eigenvalue weighted by Gasteiger charge is 2.18. The number of hydrogen-bond acceptors (Lipinski definition) is 6. The maximum Gasteiger partial charge on any atom is 0.230 e. The number of carbonyl (C=O) groups is 2. The van der Waals surface area contributed by atoms with E-state index >= 15 is 0 Å². The Morgan fingerprint density at radius 1 is 1.55 bits per heavy atom. The molecule has 8 heteroatoms. The number of nitrogens with one attached hydrogen (secondary N) is 2. The zero-order chi connectivity index (χ0) is 15.4. The fourth-order valence-electron chi connectivity index (χ4n) is 2.17. The van der Waals surface area contributed by atoms with Crippen molar-refractivity contribution in [3.8, 4) is 0 Å². The first-order chi connectivity index (χ1) is 10.7. The Morgan fingerprint density at radius 3 is 3.23 bits per heavy atom. The highest BCUT2D eigenvalue weighted by Crippen LogP contribution is 2.31. The number of ether oxygens (including phenoxy) is 1. The SMILES string of the molecule is O=CNc1ccc2nc(SCC(=O)N[C@@H]3CCOC3)sc2c1. The summed E-state index contributed by atoms with van der Waals surface area (Å²) in [7, 11) is 0. The first kappa shape index (κ1) is 15.3. The lowest BCUT2D eigenvalue weighted by molar-refractivity contribution is -0.119. The summed E-state index contributed by atoms with van der Waals surface area (Å²) in [4.78, 5) is 26.8. The quantitative estimate of drug-likeness (QED) is 0.621. The molecule has 1 fully saturated rings. The molecule has 116 valence electrons. The summed E-state index contributed by atoms with van der Waals surface area (Å²) in [6.07, 6.45) is 1.53. The molecule has 2 N–H and O–H groups in total. The van der Waals surface area contributed by atoms with E-state index in [4.69, 9.17) is 4.74 Å². The van der Waals surface area contributed by atoms with Crippen LogP contribution in [-0.2, 0) is 14.3 Å². The Labute approximate surface area is 135 Å². The maximum absolute atomic E-state index is 11.9. The van der Waals surface area contributed by atoms with Gasteiger partial charge in [-0.15, -0.1) is 11.3 Å². The van der Waals surface area contributed by atoms with Gasteiger partial charge in [0.1, 0.15) is 0 Å². The first-order valence-electron chi connectivity index (χ1n) is 6.85. The highest BCUT2D eigenvalue weighted by molar-refractivity contribution is 8.01. The van der Waals surface area contributed by atoms with Crippen LogP contribution in [0.5, 0.6) is 0 Å². The molecule has 22 heavy (non-hydrogen) atoms. The number of thiazole rings is 1. The minimum Gasteiger partial charge on any atom is -0.379 e. The second-order valence-electron chi connectivity index (χ2n) is 4.84. The Balaban J connectivity index is 1.58. The Hall–Kier alpha value is -1.64. The van der Waals surface area contributed by atoms with Crippen molar-refractivity contribution >= 4 is 51.3 Å². The van der Waals surface area contributed by atoms with Crippen LogP contribution in [0.25, 0.3) is 10.2 Å². The van der Waals surface area contributed by atoms with Gasteiger partial charge in [0, 0.05) is 12.3 Å². The third kappa shape index (κ3) is 3.76. The third-order valence-corrected chi connectivity index (χ3v) is 5.38. The minimum atomic E-state index is 0.00284. The molecule has 2 heterocycles. The van der Waals surface area contributed by atoms with E-state index in [9.17, 15) is 9.59 Å². The van der Waals surface area contributed by atoms with Crippen molar-refractivity contribution in [1.29, 1.82) is 0 Å². The number of anilines is 1. The van der Waals surface area contributed by atoms with E-state index in [1.807, 2.05) is 12.1 Å². The van der Waals surface area contributed by atoms with E-state index in [-0.39, 0.29) is 11.9 Å². The van der Waals surface area contributed by atoms with Crippen LogP contribution in [0.1, 0.15) is 6.42 Å². The maximum atomic E-state index is 11.9. The molecule has 0 radical (unpaired) electrons. The normalized spacial score (nSPS) is 17.5. The fourth-order valence-corrected chi connectivity index (χ4v) is 4.09. The second kappa shape index (κ2) is 7.08. The lowest BCUT2D eigenvalue weighted by Crippen LogP contribution is -2.36. The molecule has 6 nitrogen and oxygen atoms in total. The fraction of sp³-hybridized carbons (Fsp3) is 0.357. The Kier molecular flexibility index (Phi) is 4.91. The van der Waals surface area contributed by atoms with Crippen LogP contribution in [0.4, 0.5) is 5.69 Å².